The Bertz CT molecular complexity index is 180. The lowest BCUT2D eigenvalue weighted by molar-refractivity contribution is 0.130. The molecule has 1 saturated heterocycles. The summed E-state index contributed by atoms with van der Waals surface area (Å²) in [7, 11) is 0. The first kappa shape index (κ1) is 11.4. The average molecular weight is 212 g/mol. The van der Waals surface area contributed by atoms with Crippen molar-refractivity contribution in [3.8, 4) is 0 Å². The summed E-state index contributed by atoms with van der Waals surface area (Å²) in [4.78, 5) is 0. The Balaban J connectivity index is 1.57. The third kappa shape index (κ3) is 3.44. The first-order valence-corrected chi connectivity index (χ1v) is 6.46. The van der Waals surface area contributed by atoms with Crippen LogP contribution in [-0.2, 0) is 0 Å². The molecule has 1 aliphatic heterocycles. The SMILES string of the molecule is OC1CCCC1CNCC1CCNCC1. The molecule has 1 saturated carbocycles. The third-order valence-corrected chi connectivity index (χ3v) is 3.92. The van der Waals surface area contributed by atoms with Crippen molar-refractivity contribution < 1.29 is 5.11 Å². The van der Waals surface area contributed by atoms with Crippen LogP contribution in [0.2, 0.25) is 0 Å². The fourth-order valence-electron chi connectivity index (χ4n) is 2.81. The first-order chi connectivity index (χ1) is 7.36. The van der Waals surface area contributed by atoms with Crippen LogP contribution in [-0.4, -0.2) is 37.4 Å². The van der Waals surface area contributed by atoms with Crippen molar-refractivity contribution in [2.45, 2.75) is 38.2 Å². The molecule has 3 N–H and O–H groups in total. The van der Waals surface area contributed by atoms with Crippen LogP contribution in [0.3, 0.4) is 0 Å². The zero-order valence-corrected chi connectivity index (χ0v) is 9.54. The molecule has 88 valence electrons. The van der Waals surface area contributed by atoms with Gasteiger partial charge in [-0.3, -0.25) is 0 Å². The monoisotopic (exact) mass is 212 g/mol. The average Bonchev–Trinajstić information content (AvgIpc) is 2.66. The number of hydrogen-bond donors (Lipinski definition) is 3. The van der Waals surface area contributed by atoms with Gasteiger partial charge in [0.25, 0.3) is 0 Å². The van der Waals surface area contributed by atoms with Gasteiger partial charge in [-0.05, 0) is 57.2 Å². The molecule has 0 bridgehead atoms. The van der Waals surface area contributed by atoms with Gasteiger partial charge in [0.1, 0.15) is 0 Å². The zero-order chi connectivity index (χ0) is 10.5. The minimum absolute atomic E-state index is 0.0366. The minimum atomic E-state index is -0.0366. The van der Waals surface area contributed by atoms with E-state index in [1.807, 2.05) is 0 Å². The van der Waals surface area contributed by atoms with E-state index in [1.54, 1.807) is 0 Å². The molecule has 15 heavy (non-hydrogen) atoms. The van der Waals surface area contributed by atoms with E-state index in [9.17, 15) is 5.11 Å². The van der Waals surface area contributed by atoms with E-state index in [4.69, 9.17) is 0 Å². The van der Waals surface area contributed by atoms with Gasteiger partial charge >= 0.3 is 0 Å². The van der Waals surface area contributed by atoms with Crippen molar-refractivity contribution in [1.82, 2.24) is 10.6 Å². The van der Waals surface area contributed by atoms with Gasteiger partial charge in [0.15, 0.2) is 0 Å². The predicted molar refractivity (Wildman–Crippen MR) is 61.8 cm³/mol. The summed E-state index contributed by atoms with van der Waals surface area (Å²) < 4.78 is 0. The third-order valence-electron chi connectivity index (χ3n) is 3.92. The molecular formula is C12H24N2O. The second kappa shape index (κ2) is 5.83. The topological polar surface area (TPSA) is 44.3 Å². The van der Waals surface area contributed by atoms with Gasteiger partial charge in [0.05, 0.1) is 6.10 Å². The molecule has 0 aromatic heterocycles. The largest absolute Gasteiger partial charge is 0.393 e. The summed E-state index contributed by atoms with van der Waals surface area (Å²) >= 11 is 0. The molecular weight excluding hydrogens is 188 g/mol. The highest BCUT2D eigenvalue weighted by molar-refractivity contribution is 4.79. The van der Waals surface area contributed by atoms with Crippen LogP contribution >= 0.6 is 0 Å². The minimum Gasteiger partial charge on any atom is -0.393 e. The molecule has 0 spiro atoms. The summed E-state index contributed by atoms with van der Waals surface area (Å²) in [6.07, 6.45) is 6.01. The molecule has 2 unspecified atom stereocenters. The van der Waals surface area contributed by atoms with Crippen LogP contribution in [0.1, 0.15) is 32.1 Å². The van der Waals surface area contributed by atoms with E-state index in [0.29, 0.717) is 5.92 Å². The lowest BCUT2D eigenvalue weighted by atomic mass is 9.97. The molecule has 2 fully saturated rings. The highest BCUT2D eigenvalue weighted by atomic mass is 16.3. The quantitative estimate of drug-likeness (QED) is 0.644. The molecule has 2 atom stereocenters. The molecule has 3 heteroatoms. The normalized spacial score (nSPS) is 33.4. The van der Waals surface area contributed by atoms with Crippen molar-refractivity contribution in [3.63, 3.8) is 0 Å². The second-order valence-electron chi connectivity index (χ2n) is 5.11. The Morgan fingerprint density at radius 3 is 2.53 bits per heavy atom. The van der Waals surface area contributed by atoms with Crippen LogP contribution in [0.5, 0.6) is 0 Å². The van der Waals surface area contributed by atoms with Gasteiger partial charge in [-0.1, -0.05) is 6.42 Å². The molecule has 0 aromatic carbocycles. The van der Waals surface area contributed by atoms with Crippen molar-refractivity contribution in [1.29, 1.82) is 0 Å². The fraction of sp³-hybridized carbons (Fsp3) is 1.00. The van der Waals surface area contributed by atoms with Crippen molar-refractivity contribution in [2.75, 3.05) is 26.2 Å². The first-order valence-electron chi connectivity index (χ1n) is 6.46. The number of rotatable bonds is 4. The summed E-state index contributed by atoms with van der Waals surface area (Å²) in [6.45, 7) is 4.52. The Morgan fingerprint density at radius 2 is 1.87 bits per heavy atom. The Hall–Kier alpha value is -0.120. The molecule has 0 amide bonds. The summed E-state index contributed by atoms with van der Waals surface area (Å²) in [6, 6.07) is 0. The molecule has 1 heterocycles. The summed E-state index contributed by atoms with van der Waals surface area (Å²) in [5.41, 5.74) is 0. The van der Waals surface area contributed by atoms with E-state index in [1.165, 1.54) is 38.8 Å². The molecule has 0 radical (unpaired) electrons. The van der Waals surface area contributed by atoms with Crippen molar-refractivity contribution in [3.05, 3.63) is 0 Å². The van der Waals surface area contributed by atoms with Crippen LogP contribution in [0, 0.1) is 11.8 Å². The number of aliphatic hydroxyl groups is 1. The molecule has 0 aromatic rings. The van der Waals surface area contributed by atoms with Gasteiger partial charge < -0.3 is 15.7 Å². The Morgan fingerprint density at radius 1 is 1.07 bits per heavy atom. The van der Waals surface area contributed by atoms with E-state index in [-0.39, 0.29) is 6.10 Å². The van der Waals surface area contributed by atoms with Crippen LogP contribution < -0.4 is 10.6 Å². The highest BCUT2D eigenvalue weighted by Gasteiger charge is 2.24. The van der Waals surface area contributed by atoms with Crippen LogP contribution in [0.4, 0.5) is 0 Å². The molecule has 1 aliphatic carbocycles. The van der Waals surface area contributed by atoms with E-state index >= 15 is 0 Å². The number of hydrogen-bond acceptors (Lipinski definition) is 3. The zero-order valence-electron chi connectivity index (χ0n) is 9.54. The summed E-state index contributed by atoms with van der Waals surface area (Å²) in [5.74, 6) is 1.37. The van der Waals surface area contributed by atoms with Crippen LogP contribution in [0.25, 0.3) is 0 Å². The van der Waals surface area contributed by atoms with Gasteiger partial charge in [0, 0.05) is 6.54 Å². The van der Waals surface area contributed by atoms with E-state index in [2.05, 4.69) is 10.6 Å². The lowest BCUT2D eigenvalue weighted by Crippen LogP contribution is -2.36. The van der Waals surface area contributed by atoms with Crippen molar-refractivity contribution >= 4 is 0 Å². The van der Waals surface area contributed by atoms with E-state index in [0.717, 1.165) is 25.4 Å². The van der Waals surface area contributed by atoms with Gasteiger partial charge in [-0.2, -0.15) is 0 Å². The smallest absolute Gasteiger partial charge is 0.0580 e. The van der Waals surface area contributed by atoms with Gasteiger partial charge in [-0.15, -0.1) is 0 Å². The standard InChI is InChI=1S/C12H24N2O/c15-12-3-1-2-11(12)9-14-8-10-4-6-13-7-5-10/h10-15H,1-9H2. The van der Waals surface area contributed by atoms with Crippen LogP contribution in [0.15, 0.2) is 0 Å². The Kier molecular flexibility index (Phi) is 4.42. The maximum Gasteiger partial charge on any atom is 0.0580 e. The predicted octanol–water partition coefficient (Wildman–Crippen LogP) is 0.737. The van der Waals surface area contributed by atoms with E-state index < -0.39 is 0 Å². The van der Waals surface area contributed by atoms with Crippen molar-refractivity contribution in [2.24, 2.45) is 11.8 Å². The Labute approximate surface area is 92.6 Å². The highest BCUT2D eigenvalue weighted by Crippen LogP contribution is 2.24. The van der Waals surface area contributed by atoms with Gasteiger partial charge in [-0.25, -0.2) is 0 Å². The van der Waals surface area contributed by atoms with Gasteiger partial charge in [0.2, 0.25) is 0 Å². The number of nitrogens with one attached hydrogen (secondary N) is 2. The second-order valence-corrected chi connectivity index (χ2v) is 5.11. The fourth-order valence-corrected chi connectivity index (χ4v) is 2.81. The molecule has 3 nitrogen and oxygen atoms in total. The maximum atomic E-state index is 9.68. The number of piperidine rings is 1. The number of aliphatic hydroxyl groups excluding tert-OH is 1. The maximum absolute atomic E-state index is 9.68. The molecule has 2 rings (SSSR count). The lowest BCUT2D eigenvalue weighted by Gasteiger charge is -2.24. The summed E-state index contributed by atoms with van der Waals surface area (Å²) in [5, 5.41) is 16.6. The molecule has 2 aliphatic rings.